The van der Waals surface area contributed by atoms with Gasteiger partial charge in [-0.2, -0.15) is 0 Å². The zero-order valence-corrected chi connectivity index (χ0v) is 11.9. The molecular weight excluding hydrogens is 224 g/mol. The van der Waals surface area contributed by atoms with Crippen LogP contribution in [0.2, 0.25) is 0 Å². The first-order valence-corrected chi connectivity index (χ1v) is 7.20. The monoisotopic (exact) mass is 250 g/mol. The van der Waals surface area contributed by atoms with Crippen LogP contribution in [-0.4, -0.2) is 24.0 Å². The molecule has 1 aliphatic rings. The molecule has 2 rings (SSSR count). The predicted molar refractivity (Wildman–Crippen MR) is 74.4 cm³/mol. The molecule has 0 spiro atoms. The van der Waals surface area contributed by atoms with E-state index in [-0.39, 0.29) is 0 Å². The van der Waals surface area contributed by atoms with E-state index in [1.807, 2.05) is 6.26 Å². The van der Waals surface area contributed by atoms with Crippen LogP contribution in [0.3, 0.4) is 0 Å². The summed E-state index contributed by atoms with van der Waals surface area (Å²) in [5, 5.41) is 3.32. The van der Waals surface area contributed by atoms with Gasteiger partial charge in [0.1, 0.15) is 5.76 Å². The number of furan rings is 1. The summed E-state index contributed by atoms with van der Waals surface area (Å²) in [5.41, 5.74) is 1.25. The summed E-state index contributed by atoms with van der Waals surface area (Å²) in [4.78, 5) is 2.52. The van der Waals surface area contributed by atoms with Crippen molar-refractivity contribution < 1.29 is 4.42 Å². The molecule has 0 radical (unpaired) electrons. The van der Waals surface area contributed by atoms with Gasteiger partial charge in [-0.05, 0) is 45.2 Å². The second-order valence-corrected chi connectivity index (χ2v) is 5.67. The fourth-order valence-corrected chi connectivity index (χ4v) is 2.16. The van der Waals surface area contributed by atoms with Crippen molar-refractivity contribution in [2.24, 2.45) is 5.92 Å². The lowest BCUT2D eigenvalue weighted by Gasteiger charge is -2.25. The molecule has 0 amide bonds. The van der Waals surface area contributed by atoms with Crippen molar-refractivity contribution in [1.29, 1.82) is 0 Å². The van der Waals surface area contributed by atoms with Gasteiger partial charge in [-0.25, -0.2) is 0 Å². The molecule has 3 nitrogen and oxygen atoms in total. The molecule has 3 heteroatoms. The van der Waals surface area contributed by atoms with E-state index in [2.05, 4.69) is 37.1 Å². The number of hydrogen-bond donors (Lipinski definition) is 1. The molecule has 1 aromatic rings. The Morgan fingerprint density at radius 2 is 2.22 bits per heavy atom. The van der Waals surface area contributed by atoms with E-state index in [1.165, 1.54) is 24.9 Å². The Morgan fingerprint density at radius 3 is 2.83 bits per heavy atom. The van der Waals surface area contributed by atoms with Crippen molar-refractivity contribution in [3.8, 4) is 0 Å². The standard InChI is InChI=1S/C15H26N2O/c1-4-16-8-14-7-15(18-11-14)10-17(12(2)3)9-13-5-6-13/h7,11-13,16H,4-6,8-10H2,1-3H3. The van der Waals surface area contributed by atoms with Crippen LogP contribution >= 0.6 is 0 Å². The lowest BCUT2D eigenvalue weighted by Crippen LogP contribution is -2.32. The Morgan fingerprint density at radius 1 is 1.44 bits per heavy atom. The van der Waals surface area contributed by atoms with E-state index < -0.39 is 0 Å². The summed E-state index contributed by atoms with van der Waals surface area (Å²) >= 11 is 0. The highest BCUT2D eigenvalue weighted by Gasteiger charge is 2.25. The van der Waals surface area contributed by atoms with Gasteiger partial charge in [-0.15, -0.1) is 0 Å². The highest BCUT2D eigenvalue weighted by molar-refractivity contribution is 5.12. The molecule has 1 N–H and O–H groups in total. The summed E-state index contributed by atoms with van der Waals surface area (Å²) in [5.74, 6) is 2.03. The molecule has 1 aromatic heterocycles. The number of nitrogens with one attached hydrogen (secondary N) is 1. The first-order valence-electron chi connectivity index (χ1n) is 7.20. The van der Waals surface area contributed by atoms with Gasteiger partial charge in [-0.1, -0.05) is 6.92 Å². The molecular formula is C15H26N2O. The third-order valence-electron chi connectivity index (χ3n) is 3.57. The fourth-order valence-electron chi connectivity index (χ4n) is 2.16. The van der Waals surface area contributed by atoms with Crippen molar-refractivity contribution >= 4 is 0 Å². The largest absolute Gasteiger partial charge is 0.468 e. The average Bonchev–Trinajstić information content (AvgIpc) is 3.04. The molecule has 1 aliphatic carbocycles. The van der Waals surface area contributed by atoms with Gasteiger partial charge in [0.2, 0.25) is 0 Å². The Labute approximate surface area is 111 Å². The zero-order chi connectivity index (χ0) is 13.0. The lowest BCUT2D eigenvalue weighted by atomic mass is 10.2. The maximum atomic E-state index is 5.66. The van der Waals surface area contributed by atoms with E-state index >= 15 is 0 Å². The normalized spacial score (nSPS) is 15.8. The molecule has 1 saturated carbocycles. The molecule has 0 aromatic carbocycles. The highest BCUT2D eigenvalue weighted by atomic mass is 16.3. The zero-order valence-electron chi connectivity index (χ0n) is 11.9. The van der Waals surface area contributed by atoms with Crippen LogP contribution < -0.4 is 5.32 Å². The molecule has 102 valence electrons. The topological polar surface area (TPSA) is 28.4 Å². The third-order valence-corrected chi connectivity index (χ3v) is 3.57. The van der Waals surface area contributed by atoms with Crippen molar-refractivity contribution in [1.82, 2.24) is 10.2 Å². The van der Waals surface area contributed by atoms with Crippen LogP contribution in [0.5, 0.6) is 0 Å². The van der Waals surface area contributed by atoms with Crippen molar-refractivity contribution in [2.45, 2.75) is 52.7 Å². The van der Waals surface area contributed by atoms with Crippen LogP contribution in [0.15, 0.2) is 16.7 Å². The summed E-state index contributed by atoms with van der Waals surface area (Å²) in [6, 6.07) is 2.78. The van der Waals surface area contributed by atoms with Crippen LogP contribution in [-0.2, 0) is 13.1 Å². The molecule has 0 unspecified atom stereocenters. The number of nitrogens with zero attached hydrogens (tertiary/aromatic N) is 1. The van der Waals surface area contributed by atoms with Gasteiger partial charge in [-0.3, -0.25) is 4.90 Å². The van der Waals surface area contributed by atoms with Gasteiger partial charge in [0, 0.05) is 24.7 Å². The Hall–Kier alpha value is -0.800. The molecule has 0 bridgehead atoms. The molecule has 1 heterocycles. The second kappa shape index (κ2) is 6.39. The highest BCUT2D eigenvalue weighted by Crippen LogP contribution is 2.30. The average molecular weight is 250 g/mol. The van der Waals surface area contributed by atoms with E-state index in [0.29, 0.717) is 6.04 Å². The van der Waals surface area contributed by atoms with Gasteiger partial charge in [0.25, 0.3) is 0 Å². The minimum Gasteiger partial charge on any atom is -0.468 e. The van der Waals surface area contributed by atoms with E-state index in [0.717, 1.165) is 31.3 Å². The number of rotatable bonds is 8. The van der Waals surface area contributed by atoms with Gasteiger partial charge in [0.15, 0.2) is 0 Å². The SMILES string of the molecule is CCNCc1coc(CN(CC2CC2)C(C)C)c1. The summed E-state index contributed by atoms with van der Waals surface area (Å²) in [6.45, 7) is 10.7. The molecule has 18 heavy (non-hydrogen) atoms. The summed E-state index contributed by atoms with van der Waals surface area (Å²) in [7, 11) is 0. The van der Waals surface area contributed by atoms with Crippen LogP contribution in [0.25, 0.3) is 0 Å². The van der Waals surface area contributed by atoms with Crippen molar-refractivity contribution in [3.05, 3.63) is 23.7 Å². The third kappa shape index (κ3) is 4.14. The summed E-state index contributed by atoms with van der Waals surface area (Å²) < 4.78 is 5.66. The molecule has 0 saturated heterocycles. The smallest absolute Gasteiger partial charge is 0.118 e. The first-order chi connectivity index (χ1) is 8.69. The maximum absolute atomic E-state index is 5.66. The van der Waals surface area contributed by atoms with Crippen LogP contribution in [0, 0.1) is 5.92 Å². The Balaban J connectivity index is 1.86. The van der Waals surface area contributed by atoms with E-state index in [4.69, 9.17) is 4.42 Å². The van der Waals surface area contributed by atoms with Crippen molar-refractivity contribution in [2.75, 3.05) is 13.1 Å². The fraction of sp³-hybridized carbons (Fsp3) is 0.733. The first kappa shape index (κ1) is 13.6. The minimum absolute atomic E-state index is 0.591. The van der Waals surface area contributed by atoms with E-state index in [9.17, 15) is 0 Å². The molecule has 0 atom stereocenters. The van der Waals surface area contributed by atoms with E-state index in [1.54, 1.807) is 0 Å². The minimum atomic E-state index is 0.591. The van der Waals surface area contributed by atoms with Gasteiger partial charge < -0.3 is 9.73 Å². The second-order valence-electron chi connectivity index (χ2n) is 5.67. The van der Waals surface area contributed by atoms with Crippen LogP contribution in [0.4, 0.5) is 0 Å². The molecule has 1 fully saturated rings. The van der Waals surface area contributed by atoms with Gasteiger partial charge in [0.05, 0.1) is 12.8 Å². The van der Waals surface area contributed by atoms with Gasteiger partial charge >= 0.3 is 0 Å². The predicted octanol–water partition coefficient (Wildman–Crippen LogP) is 3.01. The molecule has 0 aliphatic heterocycles. The Kier molecular flexibility index (Phi) is 4.84. The van der Waals surface area contributed by atoms with Crippen LogP contribution in [0.1, 0.15) is 44.9 Å². The Bertz CT molecular complexity index is 355. The quantitative estimate of drug-likeness (QED) is 0.769. The lowest BCUT2D eigenvalue weighted by molar-refractivity contribution is 0.188. The van der Waals surface area contributed by atoms with Crippen molar-refractivity contribution in [3.63, 3.8) is 0 Å². The maximum Gasteiger partial charge on any atom is 0.118 e. The summed E-state index contributed by atoms with van der Waals surface area (Å²) in [6.07, 6.45) is 4.70. The number of hydrogen-bond acceptors (Lipinski definition) is 3.